The summed E-state index contributed by atoms with van der Waals surface area (Å²) >= 11 is 0. The van der Waals surface area contributed by atoms with Crippen molar-refractivity contribution in [2.45, 2.75) is 19.8 Å². The van der Waals surface area contributed by atoms with Crippen LogP contribution >= 0.6 is 0 Å². The first kappa shape index (κ1) is 12.7. The van der Waals surface area contributed by atoms with Crippen LogP contribution in [0.4, 0.5) is 5.69 Å². The number of amides is 1. The van der Waals surface area contributed by atoms with Gasteiger partial charge in [-0.3, -0.25) is 9.59 Å². The minimum absolute atomic E-state index is 0.0734. The molecule has 4 heteroatoms. The number of pyridine rings is 1. The van der Waals surface area contributed by atoms with Crippen LogP contribution in [0, 0.1) is 12.8 Å². The smallest absolute Gasteiger partial charge is 0.272 e. The molecule has 2 heterocycles. The Morgan fingerprint density at radius 3 is 2.70 bits per heavy atom. The van der Waals surface area contributed by atoms with Crippen molar-refractivity contribution < 1.29 is 4.79 Å². The first-order valence-corrected chi connectivity index (χ1v) is 6.71. The zero-order valence-corrected chi connectivity index (χ0v) is 11.3. The Balaban J connectivity index is 1.89. The van der Waals surface area contributed by atoms with Crippen LogP contribution in [0.15, 0.2) is 41.2 Å². The van der Waals surface area contributed by atoms with Crippen LogP contribution in [0.2, 0.25) is 0 Å². The molecule has 0 spiro atoms. The van der Waals surface area contributed by atoms with Crippen molar-refractivity contribution in [2.24, 2.45) is 5.92 Å². The second-order valence-corrected chi connectivity index (χ2v) is 5.26. The average Bonchev–Trinajstić information content (AvgIpc) is 2.42. The van der Waals surface area contributed by atoms with E-state index < -0.39 is 0 Å². The molecular formula is C16H16N2O2. The van der Waals surface area contributed by atoms with E-state index in [1.54, 1.807) is 0 Å². The highest BCUT2D eigenvalue weighted by atomic mass is 16.2. The fraction of sp³-hybridized carbons (Fsp3) is 0.250. The van der Waals surface area contributed by atoms with Crippen LogP contribution in [0.1, 0.15) is 16.8 Å². The summed E-state index contributed by atoms with van der Waals surface area (Å²) in [5, 5.41) is 2.74. The fourth-order valence-electron chi connectivity index (χ4n) is 2.70. The lowest BCUT2D eigenvalue weighted by molar-refractivity contribution is -0.120. The minimum atomic E-state index is -0.216. The monoisotopic (exact) mass is 268 g/mol. The van der Waals surface area contributed by atoms with Gasteiger partial charge in [-0.05, 0) is 37.0 Å². The molecule has 1 amide bonds. The molecule has 2 N–H and O–H groups in total. The molecule has 0 radical (unpaired) electrons. The molecule has 3 rings (SSSR count). The van der Waals surface area contributed by atoms with Crippen molar-refractivity contribution in [2.75, 3.05) is 5.32 Å². The fourth-order valence-corrected chi connectivity index (χ4v) is 2.70. The van der Waals surface area contributed by atoms with Gasteiger partial charge in [0.2, 0.25) is 5.91 Å². The third kappa shape index (κ3) is 2.37. The maximum Gasteiger partial charge on any atom is 0.272 e. The SMILES string of the molecule is Cc1cc2c(c(=O)[nH]1)NC(=O)C(Cc1ccccc1)C2. The molecule has 1 aromatic carbocycles. The third-order valence-corrected chi connectivity index (χ3v) is 3.66. The molecular weight excluding hydrogens is 252 g/mol. The number of aromatic nitrogens is 1. The molecule has 20 heavy (non-hydrogen) atoms. The molecule has 1 aromatic heterocycles. The van der Waals surface area contributed by atoms with Crippen molar-refractivity contribution in [3.8, 4) is 0 Å². The molecule has 1 aliphatic heterocycles. The van der Waals surface area contributed by atoms with Gasteiger partial charge in [0.05, 0.1) is 0 Å². The Labute approximate surface area is 116 Å². The normalized spacial score (nSPS) is 17.4. The van der Waals surface area contributed by atoms with E-state index in [1.807, 2.05) is 43.3 Å². The number of nitrogens with one attached hydrogen (secondary N) is 2. The quantitative estimate of drug-likeness (QED) is 0.875. The Kier molecular flexibility index (Phi) is 3.14. The number of hydrogen-bond donors (Lipinski definition) is 2. The zero-order valence-electron chi connectivity index (χ0n) is 11.3. The van der Waals surface area contributed by atoms with Gasteiger partial charge >= 0.3 is 0 Å². The molecule has 1 aliphatic rings. The van der Waals surface area contributed by atoms with E-state index in [0.29, 0.717) is 18.5 Å². The van der Waals surface area contributed by atoms with Gasteiger partial charge in [0.15, 0.2) is 0 Å². The lowest BCUT2D eigenvalue weighted by Gasteiger charge is -2.24. The van der Waals surface area contributed by atoms with E-state index in [0.717, 1.165) is 16.8 Å². The lowest BCUT2D eigenvalue weighted by Crippen LogP contribution is -2.35. The van der Waals surface area contributed by atoms with Gasteiger partial charge in [0.25, 0.3) is 5.56 Å². The number of anilines is 1. The summed E-state index contributed by atoms with van der Waals surface area (Å²) in [6.45, 7) is 1.85. The van der Waals surface area contributed by atoms with E-state index in [-0.39, 0.29) is 17.4 Å². The summed E-state index contributed by atoms with van der Waals surface area (Å²) in [6, 6.07) is 11.9. The van der Waals surface area contributed by atoms with Crippen molar-refractivity contribution in [3.05, 3.63) is 63.6 Å². The van der Waals surface area contributed by atoms with Crippen molar-refractivity contribution in [3.63, 3.8) is 0 Å². The van der Waals surface area contributed by atoms with Gasteiger partial charge in [-0.1, -0.05) is 30.3 Å². The van der Waals surface area contributed by atoms with Crippen LogP contribution in [-0.2, 0) is 17.6 Å². The molecule has 4 nitrogen and oxygen atoms in total. The van der Waals surface area contributed by atoms with E-state index >= 15 is 0 Å². The highest BCUT2D eigenvalue weighted by Crippen LogP contribution is 2.25. The second-order valence-electron chi connectivity index (χ2n) is 5.26. The molecule has 0 fully saturated rings. The third-order valence-electron chi connectivity index (χ3n) is 3.66. The Hall–Kier alpha value is -2.36. The highest BCUT2D eigenvalue weighted by molar-refractivity contribution is 5.95. The Morgan fingerprint density at radius 1 is 1.20 bits per heavy atom. The molecule has 0 bridgehead atoms. The van der Waals surface area contributed by atoms with Crippen LogP contribution in [0.25, 0.3) is 0 Å². The van der Waals surface area contributed by atoms with Gasteiger partial charge in [-0.25, -0.2) is 0 Å². The van der Waals surface area contributed by atoms with Crippen molar-refractivity contribution >= 4 is 11.6 Å². The first-order chi connectivity index (χ1) is 9.63. The van der Waals surface area contributed by atoms with Crippen LogP contribution in [0.5, 0.6) is 0 Å². The van der Waals surface area contributed by atoms with E-state index in [9.17, 15) is 9.59 Å². The number of fused-ring (bicyclic) bond motifs is 1. The highest BCUT2D eigenvalue weighted by Gasteiger charge is 2.28. The predicted molar refractivity (Wildman–Crippen MR) is 77.8 cm³/mol. The van der Waals surface area contributed by atoms with Crippen LogP contribution < -0.4 is 10.9 Å². The molecule has 1 atom stereocenters. The second kappa shape index (κ2) is 4.96. The van der Waals surface area contributed by atoms with Gasteiger partial charge in [0.1, 0.15) is 5.69 Å². The number of benzene rings is 1. The van der Waals surface area contributed by atoms with Gasteiger partial charge < -0.3 is 10.3 Å². The minimum Gasteiger partial charge on any atom is -0.325 e. The summed E-state index contributed by atoms with van der Waals surface area (Å²) in [5.41, 5.74) is 3.07. The van der Waals surface area contributed by atoms with Crippen LogP contribution in [-0.4, -0.2) is 10.9 Å². The number of aryl methyl sites for hydroxylation is 1. The van der Waals surface area contributed by atoms with Gasteiger partial charge in [-0.2, -0.15) is 0 Å². The summed E-state index contributed by atoms with van der Waals surface area (Å²) < 4.78 is 0. The number of aromatic amines is 1. The van der Waals surface area contributed by atoms with E-state index in [1.165, 1.54) is 0 Å². The maximum atomic E-state index is 12.1. The number of rotatable bonds is 2. The largest absolute Gasteiger partial charge is 0.325 e. The summed E-state index contributed by atoms with van der Waals surface area (Å²) in [7, 11) is 0. The summed E-state index contributed by atoms with van der Waals surface area (Å²) in [6.07, 6.45) is 1.30. The average molecular weight is 268 g/mol. The van der Waals surface area contributed by atoms with Crippen molar-refractivity contribution in [1.82, 2.24) is 4.98 Å². The molecule has 1 unspecified atom stereocenters. The molecule has 0 saturated heterocycles. The van der Waals surface area contributed by atoms with Gasteiger partial charge in [0, 0.05) is 11.6 Å². The van der Waals surface area contributed by atoms with Crippen LogP contribution in [0.3, 0.4) is 0 Å². The van der Waals surface area contributed by atoms with Gasteiger partial charge in [-0.15, -0.1) is 0 Å². The van der Waals surface area contributed by atoms with Crippen molar-refractivity contribution in [1.29, 1.82) is 0 Å². The summed E-state index contributed by atoms with van der Waals surface area (Å²) in [5.74, 6) is -0.193. The lowest BCUT2D eigenvalue weighted by atomic mass is 9.88. The number of carbonyl (C=O) groups excluding carboxylic acids is 1. The molecule has 0 aliphatic carbocycles. The molecule has 0 saturated carbocycles. The Morgan fingerprint density at radius 2 is 1.95 bits per heavy atom. The number of carbonyl (C=O) groups is 1. The first-order valence-electron chi connectivity index (χ1n) is 6.71. The predicted octanol–water partition coefficient (Wildman–Crippen LogP) is 2.04. The standard InChI is InChI=1S/C16H16N2O2/c1-10-7-12-9-13(8-11-5-3-2-4-6-11)15(19)18-14(12)16(20)17-10/h2-7,13H,8-9H2,1H3,(H,17,20)(H,18,19). The maximum absolute atomic E-state index is 12.1. The Bertz CT molecular complexity index is 704. The number of H-pyrrole nitrogens is 1. The van der Waals surface area contributed by atoms with E-state index in [2.05, 4.69) is 10.3 Å². The topological polar surface area (TPSA) is 62.0 Å². The zero-order chi connectivity index (χ0) is 14.1. The summed E-state index contributed by atoms with van der Waals surface area (Å²) in [4.78, 5) is 26.7. The molecule has 102 valence electrons. The van der Waals surface area contributed by atoms with E-state index in [4.69, 9.17) is 0 Å². The molecule has 2 aromatic rings. The number of hydrogen-bond acceptors (Lipinski definition) is 2.